The molecule has 8 rings (SSSR count). The van der Waals surface area contributed by atoms with Gasteiger partial charge < -0.3 is 0 Å². The van der Waals surface area contributed by atoms with Crippen molar-refractivity contribution in [1.29, 1.82) is 0 Å². The van der Waals surface area contributed by atoms with Crippen LogP contribution in [0, 0.1) is 0 Å². The Labute approximate surface area is 252 Å². The smallest absolute Gasteiger partial charge is 0.248 e. The van der Waals surface area contributed by atoms with Gasteiger partial charge in [-0.3, -0.25) is 0 Å². The Kier molecular flexibility index (Phi) is 7.65. The van der Waals surface area contributed by atoms with Crippen LogP contribution in [-0.4, -0.2) is 9.97 Å². The Hall–Kier alpha value is -4.69. The van der Waals surface area contributed by atoms with E-state index in [1.165, 1.54) is 43.4 Å². The first-order valence-electron chi connectivity index (χ1n) is 13.5. The van der Waals surface area contributed by atoms with E-state index in [1.807, 2.05) is 24.3 Å². The fraction of sp³-hybridized carbons (Fsp3) is 0. The van der Waals surface area contributed by atoms with E-state index >= 15 is 0 Å². The summed E-state index contributed by atoms with van der Waals surface area (Å²) in [5.74, 6) is 0. The first-order chi connectivity index (χ1) is 19.8. The van der Waals surface area contributed by atoms with Gasteiger partial charge in [-0.05, 0) is 45.8 Å². The van der Waals surface area contributed by atoms with Crippen molar-refractivity contribution in [1.82, 2.24) is 9.97 Å². The number of para-hydroxylation sites is 2. The molecule has 0 amide bonds. The summed E-state index contributed by atoms with van der Waals surface area (Å²) in [5.41, 5.74) is 6.51. The maximum absolute atomic E-state index is 4.80. The first-order valence-corrected chi connectivity index (χ1v) is 13.5. The van der Waals surface area contributed by atoms with Gasteiger partial charge in [-0.15, -0.1) is 0 Å². The van der Waals surface area contributed by atoms with E-state index in [-0.39, 0.29) is 20.1 Å². The molecule has 0 unspecified atom stereocenters. The predicted molar refractivity (Wildman–Crippen MR) is 169 cm³/mol. The number of aromatic nitrogens is 2. The Bertz CT molecular complexity index is 1970. The number of pyridine rings is 2. The van der Waals surface area contributed by atoms with Gasteiger partial charge in [0, 0.05) is 21.9 Å². The van der Waals surface area contributed by atoms with Crippen LogP contribution < -0.4 is 0 Å². The minimum atomic E-state index is 0. The second-order valence-electron chi connectivity index (χ2n) is 9.83. The van der Waals surface area contributed by atoms with Crippen LogP contribution in [0.3, 0.4) is 0 Å². The van der Waals surface area contributed by atoms with Gasteiger partial charge in [0.1, 0.15) is 0 Å². The normalized spacial score (nSPS) is 10.7. The monoisotopic (exact) mass is 703 g/mol. The molecule has 2 aromatic heterocycles. The van der Waals surface area contributed by atoms with Gasteiger partial charge in [-0.1, -0.05) is 133 Å². The fourth-order valence-electron chi connectivity index (χ4n) is 5.33. The van der Waals surface area contributed by atoms with E-state index in [2.05, 4.69) is 133 Å². The Morgan fingerprint density at radius 1 is 0.293 bits per heavy atom. The molecule has 3 heteroatoms. The van der Waals surface area contributed by atoms with E-state index in [0.29, 0.717) is 0 Å². The van der Waals surface area contributed by atoms with E-state index < -0.39 is 0 Å². The number of fused-ring (bicyclic) bond motifs is 4. The third-order valence-corrected chi connectivity index (χ3v) is 7.33. The van der Waals surface area contributed by atoms with Crippen LogP contribution in [0.2, 0.25) is 0 Å². The molecule has 0 N–H and O–H groups in total. The largest absolute Gasteiger partial charge is 3.00 e. The van der Waals surface area contributed by atoms with Gasteiger partial charge in [-0.2, -0.15) is 0 Å². The number of benzene rings is 6. The minimum absolute atomic E-state index is 0. The van der Waals surface area contributed by atoms with Gasteiger partial charge in [-0.25, -0.2) is 9.97 Å². The SMILES string of the molecule is [Ir+3].c1ccc2nc(-c3cccc4ccccc34)ccc2c1.c1ccc2nc(-c3cccc4ccccc34)ccc2c1. The molecule has 2 heterocycles. The number of nitrogens with zero attached hydrogens (tertiary/aromatic N) is 2. The number of hydrogen-bond donors (Lipinski definition) is 0. The van der Waals surface area contributed by atoms with Crippen molar-refractivity contribution in [3.8, 4) is 22.5 Å². The summed E-state index contributed by atoms with van der Waals surface area (Å²) in [5, 5.41) is 7.35. The van der Waals surface area contributed by atoms with Gasteiger partial charge in [0.05, 0.1) is 22.4 Å². The fourth-order valence-corrected chi connectivity index (χ4v) is 5.33. The average Bonchev–Trinajstić information content (AvgIpc) is 3.04. The Morgan fingerprint density at radius 3 is 1.12 bits per heavy atom. The van der Waals surface area contributed by atoms with Gasteiger partial charge >= 0.3 is 20.1 Å². The van der Waals surface area contributed by atoms with Crippen molar-refractivity contribution in [3.05, 3.63) is 158 Å². The second-order valence-corrected chi connectivity index (χ2v) is 9.83. The minimum Gasteiger partial charge on any atom is -0.248 e. The Balaban J connectivity index is 0.000000144. The van der Waals surface area contributed by atoms with Gasteiger partial charge in [0.15, 0.2) is 0 Å². The van der Waals surface area contributed by atoms with Crippen molar-refractivity contribution >= 4 is 43.4 Å². The van der Waals surface area contributed by atoms with E-state index in [0.717, 1.165) is 22.4 Å². The van der Waals surface area contributed by atoms with E-state index in [9.17, 15) is 0 Å². The molecule has 194 valence electrons. The quantitative estimate of drug-likeness (QED) is 0.179. The van der Waals surface area contributed by atoms with Crippen molar-refractivity contribution in [3.63, 3.8) is 0 Å². The van der Waals surface area contributed by atoms with E-state index in [4.69, 9.17) is 9.97 Å². The van der Waals surface area contributed by atoms with Crippen molar-refractivity contribution in [2.45, 2.75) is 0 Å². The third-order valence-electron chi connectivity index (χ3n) is 7.33. The summed E-state index contributed by atoms with van der Waals surface area (Å²) in [6.07, 6.45) is 0. The summed E-state index contributed by atoms with van der Waals surface area (Å²) in [6.45, 7) is 0. The number of rotatable bonds is 2. The Morgan fingerprint density at radius 2 is 0.659 bits per heavy atom. The maximum Gasteiger partial charge on any atom is 3.00 e. The summed E-state index contributed by atoms with van der Waals surface area (Å²) < 4.78 is 0. The summed E-state index contributed by atoms with van der Waals surface area (Å²) in [6, 6.07) is 54.5. The molecule has 0 fully saturated rings. The average molecular weight is 703 g/mol. The van der Waals surface area contributed by atoms with Crippen molar-refractivity contribution < 1.29 is 20.1 Å². The molecule has 0 aliphatic heterocycles. The molecule has 6 aromatic carbocycles. The molecule has 0 spiro atoms. The zero-order chi connectivity index (χ0) is 26.7. The van der Waals surface area contributed by atoms with Gasteiger partial charge in [0.2, 0.25) is 0 Å². The van der Waals surface area contributed by atoms with Gasteiger partial charge in [0.25, 0.3) is 0 Å². The summed E-state index contributed by atoms with van der Waals surface area (Å²) in [7, 11) is 0. The molecule has 0 aliphatic rings. The zero-order valence-electron chi connectivity index (χ0n) is 22.2. The van der Waals surface area contributed by atoms with Crippen LogP contribution in [-0.2, 0) is 20.1 Å². The molecule has 0 saturated heterocycles. The summed E-state index contributed by atoms with van der Waals surface area (Å²) >= 11 is 0. The third kappa shape index (κ3) is 5.38. The molecule has 8 aromatic rings. The molecule has 0 atom stereocenters. The molecular formula is C38H26IrN2+3. The van der Waals surface area contributed by atoms with Crippen LogP contribution in [0.1, 0.15) is 0 Å². The van der Waals surface area contributed by atoms with E-state index in [1.54, 1.807) is 0 Å². The van der Waals surface area contributed by atoms with Crippen molar-refractivity contribution in [2.24, 2.45) is 0 Å². The number of hydrogen-bond acceptors (Lipinski definition) is 2. The molecule has 2 nitrogen and oxygen atoms in total. The second kappa shape index (κ2) is 11.8. The molecule has 0 aliphatic carbocycles. The van der Waals surface area contributed by atoms with Crippen LogP contribution >= 0.6 is 0 Å². The predicted octanol–water partition coefficient (Wildman–Crippen LogP) is 10.1. The van der Waals surface area contributed by atoms with Crippen LogP contribution in [0.15, 0.2) is 158 Å². The molecule has 0 bridgehead atoms. The van der Waals surface area contributed by atoms with Crippen molar-refractivity contribution in [2.75, 3.05) is 0 Å². The summed E-state index contributed by atoms with van der Waals surface area (Å²) in [4.78, 5) is 9.59. The topological polar surface area (TPSA) is 25.8 Å². The molecular weight excluding hydrogens is 677 g/mol. The first kappa shape index (κ1) is 26.5. The maximum atomic E-state index is 4.80. The standard InChI is InChI=1S/2C19H13N.Ir/c2*1-3-9-16-14(6-1)8-5-10-17(16)19-13-12-15-7-2-4-11-18(15)20-19;/h2*1-13H;/q;;+3. The van der Waals surface area contributed by atoms with Crippen LogP contribution in [0.25, 0.3) is 65.9 Å². The molecule has 0 saturated carbocycles. The zero-order valence-corrected chi connectivity index (χ0v) is 24.6. The molecule has 0 radical (unpaired) electrons. The van der Waals surface area contributed by atoms with Crippen LogP contribution in [0.5, 0.6) is 0 Å². The van der Waals surface area contributed by atoms with Crippen LogP contribution in [0.4, 0.5) is 0 Å². The molecule has 41 heavy (non-hydrogen) atoms.